The molecule has 1 unspecified atom stereocenters. The van der Waals surface area contributed by atoms with Crippen molar-refractivity contribution in [1.82, 2.24) is 10.2 Å². The monoisotopic (exact) mass is 188 g/mol. The molecule has 0 fully saturated rings. The largest absolute Gasteiger partial charge is 0.433 e. The third-order valence-corrected chi connectivity index (χ3v) is 1.67. The van der Waals surface area contributed by atoms with E-state index >= 15 is 0 Å². The lowest BCUT2D eigenvalue weighted by atomic mass is 10.0. The summed E-state index contributed by atoms with van der Waals surface area (Å²) >= 11 is 0. The molecule has 0 aromatic carbocycles. The van der Waals surface area contributed by atoms with E-state index in [4.69, 9.17) is 6.42 Å². The quantitative estimate of drug-likeness (QED) is 0.672. The zero-order valence-electron chi connectivity index (χ0n) is 6.81. The van der Waals surface area contributed by atoms with Crippen molar-refractivity contribution in [3.63, 3.8) is 0 Å². The molecule has 0 spiro atoms. The lowest BCUT2D eigenvalue weighted by molar-refractivity contribution is -0.141. The number of nitrogens with one attached hydrogen (secondary N) is 1. The lowest BCUT2D eigenvalue weighted by Gasteiger charge is -2.08. The number of H-pyrrole nitrogens is 1. The van der Waals surface area contributed by atoms with Crippen LogP contribution in [0.25, 0.3) is 0 Å². The normalized spacial score (nSPS) is 13.8. The molecule has 1 heterocycles. The van der Waals surface area contributed by atoms with Gasteiger partial charge in [-0.05, 0) is 6.92 Å². The molecule has 0 aliphatic rings. The molecule has 1 rings (SSSR count). The van der Waals surface area contributed by atoms with E-state index in [-0.39, 0.29) is 5.56 Å². The third-order valence-electron chi connectivity index (χ3n) is 1.67. The molecule has 0 saturated heterocycles. The van der Waals surface area contributed by atoms with Gasteiger partial charge in [0.15, 0.2) is 0 Å². The molecule has 1 aromatic heterocycles. The van der Waals surface area contributed by atoms with Crippen LogP contribution in [-0.4, -0.2) is 10.2 Å². The van der Waals surface area contributed by atoms with Crippen LogP contribution in [0, 0.1) is 12.3 Å². The number of halogens is 3. The van der Waals surface area contributed by atoms with Crippen molar-refractivity contribution in [2.24, 2.45) is 0 Å². The summed E-state index contributed by atoms with van der Waals surface area (Å²) in [6.45, 7) is 1.51. The van der Waals surface area contributed by atoms with Crippen molar-refractivity contribution < 1.29 is 13.2 Å². The smallest absolute Gasteiger partial charge is 0.273 e. The number of hydrogen-bond acceptors (Lipinski definition) is 1. The molecule has 2 nitrogen and oxygen atoms in total. The van der Waals surface area contributed by atoms with Gasteiger partial charge in [-0.15, -0.1) is 6.42 Å². The van der Waals surface area contributed by atoms with Crippen LogP contribution in [0.5, 0.6) is 0 Å². The van der Waals surface area contributed by atoms with Crippen molar-refractivity contribution in [3.8, 4) is 12.3 Å². The van der Waals surface area contributed by atoms with Crippen LogP contribution < -0.4 is 0 Å². The molecular weight excluding hydrogens is 181 g/mol. The fourth-order valence-corrected chi connectivity index (χ4v) is 0.941. The predicted molar refractivity (Wildman–Crippen MR) is 40.8 cm³/mol. The Morgan fingerprint density at radius 3 is 2.69 bits per heavy atom. The van der Waals surface area contributed by atoms with Gasteiger partial charge in [-0.1, -0.05) is 5.92 Å². The zero-order valence-corrected chi connectivity index (χ0v) is 6.81. The van der Waals surface area contributed by atoms with Gasteiger partial charge in [0.25, 0.3) is 0 Å². The van der Waals surface area contributed by atoms with Crippen molar-refractivity contribution in [1.29, 1.82) is 0 Å². The Balaban J connectivity index is 3.12. The van der Waals surface area contributed by atoms with Gasteiger partial charge in [-0.3, -0.25) is 5.10 Å². The van der Waals surface area contributed by atoms with E-state index in [0.717, 1.165) is 6.20 Å². The first kappa shape index (κ1) is 9.65. The number of aromatic amines is 1. The Kier molecular flexibility index (Phi) is 2.32. The average molecular weight is 188 g/mol. The Bertz CT molecular complexity index is 332. The Morgan fingerprint density at radius 2 is 2.23 bits per heavy atom. The maximum absolute atomic E-state index is 12.2. The Morgan fingerprint density at radius 1 is 1.62 bits per heavy atom. The molecule has 13 heavy (non-hydrogen) atoms. The minimum atomic E-state index is -4.42. The third kappa shape index (κ3) is 1.83. The van der Waals surface area contributed by atoms with Crippen LogP contribution >= 0.6 is 0 Å². The molecular formula is C8H7F3N2. The van der Waals surface area contributed by atoms with Crippen LogP contribution in [0.1, 0.15) is 24.1 Å². The number of hydrogen-bond donors (Lipinski definition) is 1. The summed E-state index contributed by atoms with van der Waals surface area (Å²) in [6, 6.07) is 0. The standard InChI is InChI=1S/C8H7F3N2/c1-3-5(2)6-4-12-13-7(6)8(9,10)11/h1,4-5H,2H3,(H,12,13). The highest BCUT2D eigenvalue weighted by Gasteiger charge is 2.36. The number of alkyl halides is 3. The minimum Gasteiger partial charge on any atom is -0.273 e. The Labute approximate surface area is 73.1 Å². The topological polar surface area (TPSA) is 28.7 Å². The second-order valence-electron chi connectivity index (χ2n) is 2.59. The molecule has 0 radical (unpaired) electrons. The number of rotatable bonds is 1. The maximum atomic E-state index is 12.2. The van der Waals surface area contributed by atoms with E-state index in [2.05, 4.69) is 11.0 Å². The van der Waals surface area contributed by atoms with Gasteiger partial charge in [0.05, 0.1) is 6.20 Å². The first-order valence-electron chi connectivity index (χ1n) is 3.53. The SMILES string of the molecule is C#CC(C)c1cn[nH]c1C(F)(F)F. The fourth-order valence-electron chi connectivity index (χ4n) is 0.941. The van der Waals surface area contributed by atoms with Crippen molar-refractivity contribution in [3.05, 3.63) is 17.5 Å². The molecule has 0 saturated carbocycles. The van der Waals surface area contributed by atoms with Crippen LogP contribution in [-0.2, 0) is 6.18 Å². The van der Waals surface area contributed by atoms with Crippen LogP contribution in [0.2, 0.25) is 0 Å². The molecule has 1 aromatic rings. The molecule has 5 heteroatoms. The van der Waals surface area contributed by atoms with Gasteiger partial charge >= 0.3 is 6.18 Å². The molecule has 1 atom stereocenters. The first-order valence-corrected chi connectivity index (χ1v) is 3.53. The van der Waals surface area contributed by atoms with Gasteiger partial charge in [-0.25, -0.2) is 0 Å². The van der Waals surface area contributed by atoms with E-state index in [1.54, 1.807) is 0 Å². The van der Waals surface area contributed by atoms with Gasteiger partial charge < -0.3 is 0 Å². The second kappa shape index (κ2) is 3.13. The van der Waals surface area contributed by atoms with Crippen LogP contribution in [0.15, 0.2) is 6.20 Å². The lowest BCUT2D eigenvalue weighted by Crippen LogP contribution is -2.09. The summed E-state index contributed by atoms with van der Waals surface area (Å²) in [5.41, 5.74) is -0.854. The zero-order chi connectivity index (χ0) is 10.1. The highest BCUT2D eigenvalue weighted by Crippen LogP contribution is 2.32. The predicted octanol–water partition coefficient (Wildman–Crippen LogP) is 2.17. The van der Waals surface area contributed by atoms with Gasteiger partial charge in [0, 0.05) is 11.5 Å². The van der Waals surface area contributed by atoms with Crippen molar-refractivity contribution in [2.75, 3.05) is 0 Å². The second-order valence-corrected chi connectivity index (χ2v) is 2.59. The minimum absolute atomic E-state index is 0.00926. The molecule has 0 aliphatic carbocycles. The first-order chi connectivity index (χ1) is 5.96. The maximum Gasteiger partial charge on any atom is 0.433 e. The van der Waals surface area contributed by atoms with Crippen molar-refractivity contribution in [2.45, 2.75) is 19.0 Å². The van der Waals surface area contributed by atoms with E-state index < -0.39 is 17.8 Å². The van der Waals surface area contributed by atoms with Crippen molar-refractivity contribution >= 4 is 0 Å². The molecule has 0 amide bonds. The average Bonchev–Trinajstić information content (AvgIpc) is 2.49. The van der Waals surface area contributed by atoms with Crippen LogP contribution in [0.3, 0.4) is 0 Å². The number of aromatic nitrogens is 2. The van der Waals surface area contributed by atoms with Crippen LogP contribution in [0.4, 0.5) is 13.2 Å². The van der Waals surface area contributed by atoms with Gasteiger partial charge in [0.1, 0.15) is 5.69 Å². The number of terminal acetylenes is 1. The molecule has 0 aliphatic heterocycles. The summed E-state index contributed by atoms with van der Waals surface area (Å²) < 4.78 is 36.7. The highest BCUT2D eigenvalue weighted by molar-refractivity contribution is 5.28. The van der Waals surface area contributed by atoms with Gasteiger partial charge in [0.2, 0.25) is 0 Å². The summed E-state index contributed by atoms with van der Waals surface area (Å²) in [5.74, 6) is 1.63. The fraction of sp³-hybridized carbons (Fsp3) is 0.375. The summed E-state index contributed by atoms with van der Waals surface area (Å²) in [5, 5.41) is 5.21. The Hall–Kier alpha value is -1.44. The van der Waals surface area contributed by atoms with E-state index in [9.17, 15) is 13.2 Å². The van der Waals surface area contributed by atoms with Gasteiger partial charge in [-0.2, -0.15) is 18.3 Å². The van der Waals surface area contributed by atoms with E-state index in [1.807, 2.05) is 5.10 Å². The van der Waals surface area contributed by atoms with E-state index in [0.29, 0.717) is 0 Å². The molecule has 0 bridgehead atoms. The highest BCUT2D eigenvalue weighted by atomic mass is 19.4. The molecule has 70 valence electrons. The summed E-state index contributed by atoms with van der Waals surface area (Å²) in [4.78, 5) is 0. The number of nitrogens with zero attached hydrogens (tertiary/aromatic N) is 1. The summed E-state index contributed by atoms with van der Waals surface area (Å²) in [7, 11) is 0. The molecule has 1 N–H and O–H groups in total. The summed E-state index contributed by atoms with van der Waals surface area (Å²) in [6.07, 6.45) is 1.70. The van der Waals surface area contributed by atoms with E-state index in [1.165, 1.54) is 6.92 Å².